The number of rotatable bonds is 4. The minimum atomic E-state index is -0.583. The van der Waals surface area contributed by atoms with Crippen molar-refractivity contribution in [2.75, 3.05) is 13.2 Å². The number of carbonyl (C=O) groups excluding carboxylic acids is 2. The van der Waals surface area contributed by atoms with Gasteiger partial charge in [-0.25, -0.2) is 4.39 Å². The molecule has 0 spiro atoms. The van der Waals surface area contributed by atoms with Crippen LogP contribution in [0.1, 0.15) is 19.3 Å². The van der Waals surface area contributed by atoms with E-state index in [9.17, 15) is 14.0 Å². The van der Waals surface area contributed by atoms with Crippen LogP contribution in [0.25, 0.3) is 0 Å². The summed E-state index contributed by atoms with van der Waals surface area (Å²) in [6.07, 6.45) is 2.27. The summed E-state index contributed by atoms with van der Waals surface area (Å²) in [5.74, 6) is -1.36. The van der Waals surface area contributed by atoms with E-state index in [0.29, 0.717) is 13.0 Å². The highest BCUT2D eigenvalue weighted by molar-refractivity contribution is 5.87. The van der Waals surface area contributed by atoms with Crippen molar-refractivity contribution in [3.8, 4) is 5.75 Å². The zero-order valence-electron chi connectivity index (χ0n) is 11.0. The van der Waals surface area contributed by atoms with Crippen LogP contribution in [0, 0.1) is 5.82 Å². The van der Waals surface area contributed by atoms with Gasteiger partial charge < -0.3 is 15.4 Å². The Morgan fingerprint density at radius 3 is 2.80 bits per heavy atom. The third kappa shape index (κ3) is 3.26. The number of hydrogen-bond donors (Lipinski definition) is 1. The molecule has 1 atom stereocenters. The smallest absolute Gasteiger partial charge is 0.261 e. The average Bonchev–Trinajstić information content (AvgIpc) is 2.46. The molecule has 1 aliphatic heterocycles. The number of amides is 2. The molecule has 5 nitrogen and oxygen atoms in total. The second kappa shape index (κ2) is 6.36. The lowest BCUT2D eigenvalue weighted by molar-refractivity contribution is -0.142. The van der Waals surface area contributed by atoms with E-state index >= 15 is 0 Å². The van der Waals surface area contributed by atoms with Crippen LogP contribution in [0.5, 0.6) is 5.75 Å². The maximum atomic E-state index is 13.4. The predicted molar refractivity (Wildman–Crippen MR) is 70.4 cm³/mol. The largest absolute Gasteiger partial charge is 0.481 e. The number of para-hydroxylation sites is 1. The summed E-state index contributed by atoms with van der Waals surface area (Å²) in [5, 5.41) is 0. The molecule has 0 saturated carbocycles. The van der Waals surface area contributed by atoms with Crippen LogP contribution in [0.2, 0.25) is 0 Å². The monoisotopic (exact) mass is 280 g/mol. The molecule has 1 heterocycles. The Bertz CT molecular complexity index is 507. The quantitative estimate of drug-likeness (QED) is 0.896. The van der Waals surface area contributed by atoms with E-state index in [0.717, 1.165) is 12.8 Å². The van der Waals surface area contributed by atoms with Crippen molar-refractivity contribution in [3.63, 3.8) is 0 Å². The molecule has 2 N–H and O–H groups in total. The third-order valence-electron chi connectivity index (χ3n) is 3.34. The van der Waals surface area contributed by atoms with Gasteiger partial charge in [-0.2, -0.15) is 0 Å². The van der Waals surface area contributed by atoms with Crippen molar-refractivity contribution >= 4 is 11.8 Å². The number of ether oxygens (including phenoxy) is 1. The molecule has 20 heavy (non-hydrogen) atoms. The molecule has 0 radical (unpaired) electrons. The van der Waals surface area contributed by atoms with Crippen LogP contribution in [0.4, 0.5) is 4.39 Å². The van der Waals surface area contributed by atoms with Crippen molar-refractivity contribution < 1.29 is 18.7 Å². The molecule has 1 fully saturated rings. The van der Waals surface area contributed by atoms with E-state index in [2.05, 4.69) is 0 Å². The fourth-order valence-electron chi connectivity index (χ4n) is 2.31. The van der Waals surface area contributed by atoms with Crippen LogP contribution in [-0.2, 0) is 9.59 Å². The van der Waals surface area contributed by atoms with Crippen molar-refractivity contribution in [1.82, 2.24) is 4.90 Å². The van der Waals surface area contributed by atoms with Crippen LogP contribution in [-0.4, -0.2) is 35.9 Å². The highest BCUT2D eigenvalue weighted by Gasteiger charge is 2.30. The Morgan fingerprint density at radius 2 is 2.10 bits per heavy atom. The average molecular weight is 280 g/mol. The fraction of sp³-hybridized carbons (Fsp3) is 0.429. The summed E-state index contributed by atoms with van der Waals surface area (Å²) in [6.45, 7) is 0.178. The molecule has 1 saturated heterocycles. The van der Waals surface area contributed by atoms with Crippen LogP contribution >= 0.6 is 0 Å². The summed E-state index contributed by atoms with van der Waals surface area (Å²) in [5.41, 5.74) is 5.29. The van der Waals surface area contributed by atoms with Gasteiger partial charge in [0.05, 0.1) is 0 Å². The highest BCUT2D eigenvalue weighted by atomic mass is 19.1. The number of likely N-dealkylation sites (tertiary alicyclic amines) is 1. The third-order valence-corrected chi connectivity index (χ3v) is 3.34. The molecule has 6 heteroatoms. The standard InChI is InChI=1S/C14H17FN2O3/c15-10-5-1-2-7-12(10)20-9-13(18)17-8-4-3-6-11(17)14(16)19/h1-2,5,7,11H,3-4,6,8-9H2,(H2,16,19)/t11-/m0/s1. The maximum Gasteiger partial charge on any atom is 0.261 e. The van der Waals surface area contributed by atoms with Crippen molar-refractivity contribution in [2.24, 2.45) is 5.73 Å². The van der Waals surface area contributed by atoms with Gasteiger partial charge in [0.1, 0.15) is 6.04 Å². The van der Waals surface area contributed by atoms with Crippen LogP contribution in [0.3, 0.4) is 0 Å². The predicted octanol–water partition coefficient (Wildman–Crippen LogP) is 1.07. The number of primary amides is 1. The molecular weight excluding hydrogens is 263 g/mol. The highest BCUT2D eigenvalue weighted by Crippen LogP contribution is 2.18. The molecule has 0 aliphatic carbocycles. The van der Waals surface area contributed by atoms with Gasteiger partial charge in [-0.15, -0.1) is 0 Å². The zero-order valence-corrected chi connectivity index (χ0v) is 11.0. The number of nitrogens with two attached hydrogens (primary N) is 1. The van der Waals surface area contributed by atoms with E-state index in [-0.39, 0.29) is 18.3 Å². The number of halogens is 1. The van der Waals surface area contributed by atoms with E-state index in [1.54, 1.807) is 6.07 Å². The molecule has 0 unspecified atom stereocenters. The van der Waals surface area contributed by atoms with Gasteiger partial charge in [0.2, 0.25) is 5.91 Å². The fourth-order valence-corrected chi connectivity index (χ4v) is 2.31. The molecule has 2 amide bonds. The summed E-state index contributed by atoms with van der Waals surface area (Å²) in [6, 6.07) is 5.28. The second-order valence-corrected chi connectivity index (χ2v) is 4.72. The number of benzene rings is 1. The number of nitrogens with zero attached hydrogens (tertiary/aromatic N) is 1. The van der Waals surface area contributed by atoms with E-state index in [4.69, 9.17) is 10.5 Å². The van der Waals surface area contributed by atoms with Gasteiger partial charge in [-0.05, 0) is 31.4 Å². The minimum absolute atomic E-state index is 0.0217. The Balaban J connectivity index is 1.97. The molecular formula is C14H17FN2O3. The molecule has 0 aromatic heterocycles. The van der Waals surface area contributed by atoms with Crippen molar-refractivity contribution in [3.05, 3.63) is 30.1 Å². The van der Waals surface area contributed by atoms with Gasteiger partial charge in [-0.1, -0.05) is 12.1 Å². The maximum absolute atomic E-state index is 13.4. The van der Waals surface area contributed by atoms with Crippen molar-refractivity contribution in [2.45, 2.75) is 25.3 Å². The van der Waals surface area contributed by atoms with E-state index in [1.165, 1.54) is 23.1 Å². The molecule has 0 bridgehead atoms. The van der Waals surface area contributed by atoms with Gasteiger partial charge in [0.15, 0.2) is 18.2 Å². The van der Waals surface area contributed by atoms with E-state index in [1.807, 2.05) is 0 Å². The summed E-state index contributed by atoms with van der Waals surface area (Å²) in [4.78, 5) is 24.8. The SMILES string of the molecule is NC(=O)[C@@H]1CCCCN1C(=O)COc1ccccc1F. The number of piperidine rings is 1. The Hall–Kier alpha value is -2.11. The summed E-state index contributed by atoms with van der Waals surface area (Å²) >= 11 is 0. The molecule has 2 rings (SSSR count). The first-order valence-electron chi connectivity index (χ1n) is 6.55. The molecule has 1 aromatic rings. The van der Waals surface area contributed by atoms with Gasteiger partial charge in [-0.3, -0.25) is 9.59 Å². The zero-order chi connectivity index (χ0) is 14.5. The normalized spacial score (nSPS) is 18.6. The Morgan fingerprint density at radius 1 is 1.35 bits per heavy atom. The lowest BCUT2D eigenvalue weighted by Crippen LogP contribution is -2.51. The van der Waals surface area contributed by atoms with Crippen LogP contribution < -0.4 is 10.5 Å². The molecule has 108 valence electrons. The lowest BCUT2D eigenvalue weighted by atomic mass is 10.0. The van der Waals surface area contributed by atoms with Gasteiger partial charge in [0, 0.05) is 6.54 Å². The van der Waals surface area contributed by atoms with Gasteiger partial charge in [0.25, 0.3) is 5.91 Å². The lowest BCUT2D eigenvalue weighted by Gasteiger charge is -2.33. The molecule has 1 aliphatic rings. The first-order valence-corrected chi connectivity index (χ1v) is 6.55. The topological polar surface area (TPSA) is 72.6 Å². The first-order chi connectivity index (χ1) is 9.59. The first kappa shape index (κ1) is 14.3. The minimum Gasteiger partial charge on any atom is -0.481 e. The number of carbonyl (C=O) groups is 2. The second-order valence-electron chi connectivity index (χ2n) is 4.72. The van der Waals surface area contributed by atoms with Crippen molar-refractivity contribution in [1.29, 1.82) is 0 Å². The number of hydrogen-bond acceptors (Lipinski definition) is 3. The summed E-state index contributed by atoms with van der Waals surface area (Å²) < 4.78 is 18.5. The Kier molecular flexibility index (Phi) is 4.55. The van der Waals surface area contributed by atoms with E-state index < -0.39 is 17.8 Å². The summed E-state index contributed by atoms with van der Waals surface area (Å²) in [7, 11) is 0. The Labute approximate surface area is 116 Å². The van der Waals surface area contributed by atoms with Crippen LogP contribution in [0.15, 0.2) is 24.3 Å². The van der Waals surface area contributed by atoms with Gasteiger partial charge >= 0.3 is 0 Å². The molecule has 1 aromatic carbocycles.